The summed E-state index contributed by atoms with van der Waals surface area (Å²) in [4.78, 5) is 20.0. The van der Waals surface area contributed by atoms with Crippen LogP contribution in [0.3, 0.4) is 0 Å². The molecule has 1 aliphatic heterocycles. The van der Waals surface area contributed by atoms with Gasteiger partial charge < -0.3 is 4.90 Å². The topological polar surface area (TPSA) is 51.0 Å². The van der Waals surface area contributed by atoms with Gasteiger partial charge >= 0.3 is 0 Å². The largest absolute Gasteiger partial charge is 0.308 e. The maximum Gasteiger partial charge on any atom is 0.259 e. The standard InChI is InChI=1S/C20H22N4O/c1-12(2)16-11-15(18-13(3)22-23(4)19(18)21-16)20(25)24-10-9-14-7-5-6-8-17(14)24/h5-8,11-12H,9-10H2,1-4H3. The number of carbonyl (C=O) groups is 1. The van der Waals surface area contributed by atoms with E-state index in [0.717, 1.165) is 41.1 Å². The lowest BCUT2D eigenvalue weighted by Crippen LogP contribution is -2.29. The molecule has 0 spiro atoms. The number of para-hydroxylation sites is 1. The fourth-order valence-corrected chi connectivity index (χ4v) is 3.62. The van der Waals surface area contributed by atoms with Crippen LogP contribution in [0.5, 0.6) is 0 Å². The Morgan fingerprint density at radius 2 is 2.00 bits per heavy atom. The number of amides is 1. The molecule has 1 amide bonds. The molecule has 0 radical (unpaired) electrons. The van der Waals surface area contributed by atoms with Crippen molar-refractivity contribution < 1.29 is 4.79 Å². The molecule has 25 heavy (non-hydrogen) atoms. The highest BCUT2D eigenvalue weighted by Gasteiger charge is 2.28. The summed E-state index contributed by atoms with van der Waals surface area (Å²) >= 11 is 0. The minimum absolute atomic E-state index is 0.0374. The summed E-state index contributed by atoms with van der Waals surface area (Å²) in [5.41, 5.74) is 5.50. The first kappa shape index (κ1) is 15.8. The molecule has 0 saturated heterocycles. The van der Waals surface area contributed by atoms with E-state index in [1.165, 1.54) is 5.56 Å². The van der Waals surface area contributed by atoms with Gasteiger partial charge in [-0.1, -0.05) is 32.0 Å². The van der Waals surface area contributed by atoms with E-state index in [9.17, 15) is 4.79 Å². The van der Waals surface area contributed by atoms with Crippen LogP contribution in [0.2, 0.25) is 0 Å². The minimum Gasteiger partial charge on any atom is -0.308 e. The molecule has 5 nitrogen and oxygen atoms in total. The monoisotopic (exact) mass is 334 g/mol. The maximum absolute atomic E-state index is 13.4. The van der Waals surface area contributed by atoms with Crippen molar-refractivity contribution in [3.63, 3.8) is 0 Å². The molecule has 3 aromatic rings. The zero-order valence-corrected chi connectivity index (χ0v) is 15.1. The van der Waals surface area contributed by atoms with Crippen molar-refractivity contribution in [1.29, 1.82) is 0 Å². The van der Waals surface area contributed by atoms with E-state index in [0.29, 0.717) is 5.56 Å². The predicted molar refractivity (Wildman–Crippen MR) is 99.2 cm³/mol. The Morgan fingerprint density at radius 1 is 1.24 bits per heavy atom. The average molecular weight is 334 g/mol. The second-order valence-electron chi connectivity index (χ2n) is 6.99. The van der Waals surface area contributed by atoms with Crippen molar-refractivity contribution in [2.24, 2.45) is 7.05 Å². The highest BCUT2D eigenvalue weighted by molar-refractivity contribution is 6.14. The van der Waals surface area contributed by atoms with Crippen LogP contribution in [-0.4, -0.2) is 27.2 Å². The lowest BCUT2D eigenvalue weighted by atomic mass is 10.0. The Morgan fingerprint density at radius 3 is 2.76 bits per heavy atom. The first-order valence-corrected chi connectivity index (χ1v) is 8.71. The summed E-state index contributed by atoms with van der Waals surface area (Å²) in [6, 6.07) is 10.1. The molecule has 0 saturated carbocycles. The maximum atomic E-state index is 13.4. The SMILES string of the molecule is Cc1nn(C)c2nc(C(C)C)cc(C(=O)N3CCc4ccccc43)c12. The highest BCUT2D eigenvalue weighted by atomic mass is 16.2. The molecule has 0 aliphatic carbocycles. The van der Waals surface area contributed by atoms with Gasteiger partial charge in [0.05, 0.1) is 16.6 Å². The minimum atomic E-state index is 0.0374. The summed E-state index contributed by atoms with van der Waals surface area (Å²) in [6.45, 7) is 6.85. The number of hydrogen-bond acceptors (Lipinski definition) is 3. The van der Waals surface area contributed by atoms with Crippen molar-refractivity contribution in [1.82, 2.24) is 14.8 Å². The van der Waals surface area contributed by atoms with Crippen LogP contribution >= 0.6 is 0 Å². The average Bonchev–Trinajstić information content (AvgIpc) is 3.15. The fourth-order valence-electron chi connectivity index (χ4n) is 3.62. The Labute approximate surface area is 147 Å². The van der Waals surface area contributed by atoms with Crippen molar-refractivity contribution in [2.45, 2.75) is 33.1 Å². The van der Waals surface area contributed by atoms with Gasteiger partial charge in [-0.2, -0.15) is 5.10 Å². The molecule has 1 aliphatic rings. The normalized spacial score (nSPS) is 13.7. The number of pyridine rings is 1. The first-order valence-electron chi connectivity index (χ1n) is 8.71. The van der Waals surface area contributed by atoms with E-state index in [-0.39, 0.29) is 11.8 Å². The number of carbonyl (C=O) groups excluding carboxylic acids is 1. The van der Waals surface area contributed by atoms with Crippen molar-refractivity contribution in [3.8, 4) is 0 Å². The van der Waals surface area contributed by atoms with E-state index < -0.39 is 0 Å². The smallest absolute Gasteiger partial charge is 0.259 e. The van der Waals surface area contributed by atoms with E-state index in [1.54, 1.807) is 4.68 Å². The lowest BCUT2D eigenvalue weighted by molar-refractivity contribution is 0.0990. The summed E-state index contributed by atoms with van der Waals surface area (Å²) in [6.07, 6.45) is 0.902. The van der Waals surface area contributed by atoms with Crippen LogP contribution in [-0.2, 0) is 13.5 Å². The van der Waals surface area contributed by atoms with Gasteiger partial charge in [0.25, 0.3) is 5.91 Å². The Hall–Kier alpha value is -2.69. The fraction of sp³-hybridized carbons (Fsp3) is 0.350. The summed E-state index contributed by atoms with van der Waals surface area (Å²) < 4.78 is 1.77. The number of nitrogens with zero attached hydrogens (tertiary/aromatic N) is 4. The second-order valence-corrected chi connectivity index (χ2v) is 6.99. The molecular weight excluding hydrogens is 312 g/mol. The molecular formula is C20H22N4O. The number of aryl methyl sites for hydroxylation is 2. The third-order valence-electron chi connectivity index (χ3n) is 4.94. The number of fused-ring (bicyclic) bond motifs is 2. The first-order chi connectivity index (χ1) is 12.0. The molecule has 5 heteroatoms. The van der Waals surface area contributed by atoms with Gasteiger partial charge in [0.1, 0.15) is 0 Å². The van der Waals surface area contributed by atoms with E-state index in [1.807, 2.05) is 43.1 Å². The van der Waals surface area contributed by atoms with Crippen molar-refractivity contribution >= 4 is 22.6 Å². The number of rotatable bonds is 2. The third kappa shape index (κ3) is 2.42. The van der Waals surface area contributed by atoms with Gasteiger partial charge in [0.2, 0.25) is 0 Å². The van der Waals surface area contributed by atoms with Crippen molar-refractivity contribution in [3.05, 3.63) is 52.8 Å². The molecule has 128 valence electrons. The molecule has 3 heterocycles. The third-order valence-corrected chi connectivity index (χ3v) is 4.94. The molecule has 0 unspecified atom stereocenters. The Bertz CT molecular complexity index is 987. The van der Waals surface area contributed by atoms with E-state index in [4.69, 9.17) is 4.98 Å². The van der Waals surface area contributed by atoms with E-state index in [2.05, 4.69) is 25.0 Å². The molecule has 4 rings (SSSR count). The summed E-state index contributed by atoms with van der Waals surface area (Å²) in [5.74, 6) is 0.285. The quantitative estimate of drug-likeness (QED) is 0.719. The van der Waals surface area contributed by atoms with Gasteiger partial charge in [0.15, 0.2) is 5.65 Å². The van der Waals surface area contributed by atoms with Crippen LogP contribution in [0, 0.1) is 6.92 Å². The lowest BCUT2D eigenvalue weighted by Gasteiger charge is -2.19. The molecule has 0 N–H and O–H groups in total. The highest BCUT2D eigenvalue weighted by Crippen LogP contribution is 2.32. The Kier molecular flexibility index (Phi) is 3.60. The van der Waals surface area contributed by atoms with Crippen LogP contribution in [0.15, 0.2) is 30.3 Å². The molecule has 0 atom stereocenters. The molecule has 2 aromatic heterocycles. The van der Waals surface area contributed by atoms with Crippen LogP contribution in [0.25, 0.3) is 11.0 Å². The zero-order chi connectivity index (χ0) is 17.7. The van der Waals surface area contributed by atoms with Crippen molar-refractivity contribution in [2.75, 3.05) is 11.4 Å². The Balaban J connectivity index is 1.90. The number of anilines is 1. The van der Waals surface area contributed by atoms with E-state index >= 15 is 0 Å². The number of hydrogen-bond donors (Lipinski definition) is 0. The number of benzene rings is 1. The second kappa shape index (κ2) is 5.69. The molecule has 1 aromatic carbocycles. The van der Waals surface area contributed by atoms with Crippen LogP contribution in [0.1, 0.15) is 47.1 Å². The predicted octanol–water partition coefficient (Wildman–Crippen LogP) is 3.60. The van der Waals surface area contributed by atoms with Crippen LogP contribution < -0.4 is 4.90 Å². The van der Waals surface area contributed by atoms with Gasteiger partial charge in [-0.05, 0) is 37.0 Å². The van der Waals surface area contributed by atoms with Gasteiger partial charge in [0, 0.05) is 25.0 Å². The molecule has 0 fully saturated rings. The number of aromatic nitrogens is 3. The molecule has 0 bridgehead atoms. The van der Waals surface area contributed by atoms with Gasteiger partial charge in [-0.25, -0.2) is 4.98 Å². The van der Waals surface area contributed by atoms with Crippen LogP contribution in [0.4, 0.5) is 5.69 Å². The zero-order valence-electron chi connectivity index (χ0n) is 15.1. The van der Waals surface area contributed by atoms with Gasteiger partial charge in [-0.15, -0.1) is 0 Å². The summed E-state index contributed by atoms with van der Waals surface area (Å²) in [7, 11) is 1.88. The van der Waals surface area contributed by atoms with Gasteiger partial charge in [-0.3, -0.25) is 9.48 Å². The summed E-state index contributed by atoms with van der Waals surface area (Å²) in [5, 5.41) is 5.35.